The quantitative estimate of drug-likeness (QED) is 0.467. The van der Waals surface area contributed by atoms with Crippen molar-refractivity contribution < 1.29 is 9.90 Å². The summed E-state index contributed by atoms with van der Waals surface area (Å²) in [6.45, 7) is 0. The number of carbonyl (C=O) groups is 1. The van der Waals surface area contributed by atoms with Crippen molar-refractivity contribution in [3.63, 3.8) is 0 Å². The molecule has 0 spiro atoms. The minimum atomic E-state index is -0.479. The summed E-state index contributed by atoms with van der Waals surface area (Å²) in [6, 6.07) is 10.1. The molecule has 0 saturated carbocycles. The van der Waals surface area contributed by atoms with Gasteiger partial charge in [-0.15, -0.1) is 10.2 Å². The van der Waals surface area contributed by atoms with Crippen LogP contribution >= 0.6 is 23.2 Å². The van der Waals surface area contributed by atoms with Gasteiger partial charge in [-0.2, -0.15) is 0 Å². The fourth-order valence-corrected chi connectivity index (χ4v) is 2.77. The van der Waals surface area contributed by atoms with Gasteiger partial charge in [-0.1, -0.05) is 35.3 Å². The van der Waals surface area contributed by atoms with Crippen molar-refractivity contribution in [3.05, 3.63) is 52.0 Å². The number of carbonyl (C=O) groups excluding carboxylic acids is 1. The zero-order valence-electron chi connectivity index (χ0n) is 12.3. The zero-order valence-corrected chi connectivity index (χ0v) is 13.8. The number of nitrogens with two attached hydrogens (primary N) is 1. The molecule has 1 heterocycles. The first kappa shape index (κ1) is 16.3. The molecule has 6 nitrogen and oxygen atoms in total. The lowest BCUT2D eigenvalue weighted by Crippen LogP contribution is -1.98. The van der Waals surface area contributed by atoms with Gasteiger partial charge in [0.15, 0.2) is 5.69 Å². The van der Waals surface area contributed by atoms with Crippen molar-refractivity contribution in [1.82, 2.24) is 4.98 Å². The van der Waals surface area contributed by atoms with Gasteiger partial charge in [-0.3, -0.25) is 4.79 Å². The summed E-state index contributed by atoms with van der Waals surface area (Å²) in [5, 5.41) is 18.6. The highest BCUT2D eigenvalue weighted by Crippen LogP contribution is 2.42. The number of amides is 1. The number of aromatic hydroxyl groups is 1. The molecule has 0 unspecified atom stereocenters. The number of rotatable bonds is 3. The van der Waals surface area contributed by atoms with Crippen molar-refractivity contribution in [3.8, 4) is 5.88 Å². The molecule has 0 aliphatic carbocycles. The van der Waals surface area contributed by atoms with Crippen LogP contribution in [0.25, 0.3) is 10.9 Å². The normalized spacial score (nSPS) is 11.4. The maximum atomic E-state index is 12.0. The summed E-state index contributed by atoms with van der Waals surface area (Å²) in [4.78, 5) is 14.6. The lowest BCUT2D eigenvalue weighted by Gasteiger charge is -1.99. The van der Waals surface area contributed by atoms with E-state index in [4.69, 9.17) is 28.9 Å². The molecule has 1 aromatic heterocycles. The van der Waals surface area contributed by atoms with Gasteiger partial charge in [0.1, 0.15) is 0 Å². The van der Waals surface area contributed by atoms with Crippen LogP contribution in [-0.4, -0.2) is 16.0 Å². The van der Waals surface area contributed by atoms with Crippen LogP contribution in [0.2, 0.25) is 10.0 Å². The van der Waals surface area contributed by atoms with Gasteiger partial charge in [0, 0.05) is 5.69 Å². The smallest absolute Gasteiger partial charge is 0.269 e. The number of anilines is 1. The molecule has 1 amide bonds. The monoisotopic (exact) mass is 362 g/mol. The molecule has 0 radical (unpaired) electrons. The Bertz CT molecular complexity index is 966. The molecule has 122 valence electrons. The Balaban J connectivity index is 1.89. The number of nitrogens with one attached hydrogen (secondary N) is 1. The Morgan fingerprint density at radius 1 is 1.21 bits per heavy atom. The second kappa shape index (κ2) is 6.51. The van der Waals surface area contributed by atoms with E-state index in [-0.39, 0.29) is 18.0 Å². The van der Waals surface area contributed by atoms with Crippen LogP contribution in [0.3, 0.4) is 0 Å². The lowest BCUT2D eigenvalue weighted by molar-refractivity contribution is -0.117. The molecular weight excluding hydrogens is 351 g/mol. The van der Waals surface area contributed by atoms with E-state index in [1.54, 1.807) is 36.4 Å². The number of hydrogen-bond donors (Lipinski definition) is 3. The molecule has 0 saturated heterocycles. The Kier molecular flexibility index (Phi) is 4.42. The summed E-state index contributed by atoms with van der Waals surface area (Å²) in [5.74, 6) is -0.743. The number of halogens is 2. The fraction of sp³-hybridized carbons (Fsp3) is 0.0625. The highest BCUT2D eigenvalue weighted by atomic mass is 35.5. The van der Waals surface area contributed by atoms with Crippen molar-refractivity contribution in [2.45, 2.75) is 6.42 Å². The molecule has 2 aromatic carbocycles. The largest absolute Gasteiger partial charge is 0.493 e. The molecular formula is C16H12Cl2N4O2. The van der Waals surface area contributed by atoms with E-state index >= 15 is 0 Å². The van der Waals surface area contributed by atoms with Crippen LogP contribution < -0.4 is 5.73 Å². The molecule has 8 heteroatoms. The Morgan fingerprint density at radius 3 is 2.71 bits per heavy atom. The maximum absolute atomic E-state index is 12.0. The molecule has 0 bridgehead atoms. The first-order valence-corrected chi connectivity index (χ1v) is 7.69. The Morgan fingerprint density at radius 2 is 1.96 bits per heavy atom. The summed E-state index contributed by atoms with van der Waals surface area (Å²) in [5.41, 5.74) is 7.45. The summed E-state index contributed by atoms with van der Waals surface area (Å²) >= 11 is 12.2. The van der Waals surface area contributed by atoms with Crippen LogP contribution in [0.5, 0.6) is 5.88 Å². The number of nitrogens with zero attached hydrogens (tertiary/aromatic N) is 2. The minimum absolute atomic E-state index is 0.0478. The summed E-state index contributed by atoms with van der Waals surface area (Å²) in [6.07, 6.45) is 0.0478. The topological polar surface area (TPSA) is 104 Å². The third-order valence-electron chi connectivity index (χ3n) is 3.38. The zero-order chi connectivity index (χ0) is 17.3. The van der Waals surface area contributed by atoms with E-state index in [0.29, 0.717) is 26.6 Å². The second-order valence-corrected chi connectivity index (χ2v) is 5.93. The Labute approximate surface area is 146 Å². The molecule has 3 rings (SSSR count). The van der Waals surface area contributed by atoms with Gasteiger partial charge < -0.3 is 15.8 Å². The van der Waals surface area contributed by atoms with Crippen LogP contribution in [0.15, 0.2) is 46.6 Å². The third-order valence-corrected chi connectivity index (χ3v) is 4.01. The highest BCUT2D eigenvalue weighted by Gasteiger charge is 2.16. The first-order valence-electron chi connectivity index (χ1n) is 6.93. The van der Waals surface area contributed by atoms with E-state index < -0.39 is 5.91 Å². The van der Waals surface area contributed by atoms with Gasteiger partial charge in [0.05, 0.1) is 27.4 Å². The number of hydrogen-bond acceptors (Lipinski definition) is 4. The van der Waals surface area contributed by atoms with Gasteiger partial charge in [-0.05, 0) is 29.8 Å². The Hall–Kier alpha value is -2.57. The first-order chi connectivity index (χ1) is 11.5. The van der Waals surface area contributed by atoms with E-state index in [1.165, 1.54) is 0 Å². The van der Waals surface area contributed by atoms with Crippen LogP contribution in [0.1, 0.15) is 5.56 Å². The van der Waals surface area contributed by atoms with E-state index in [1.807, 2.05) is 0 Å². The standard InChI is InChI=1S/C16H12Cl2N4O2/c17-10-4-5-11(18)14-13(10)15(16(24)20-14)22-21-12(23)7-8-2-1-3-9(19)6-8/h1-6,20,24H,7,19H2. The number of nitrogen functional groups attached to an aromatic ring is 1. The number of aromatic amines is 1. The van der Waals surface area contributed by atoms with Crippen LogP contribution in [0.4, 0.5) is 11.4 Å². The average Bonchev–Trinajstić information content (AvgIpc) is 2.87. The van der Waals surface area contributed by atoms with Gasteiger partial charge in [0.25, 0.3) is 5.91 Å². The lowest BCUT2D eigenvalue weighted by atomic mass is 10.1. The molecule has 0 aliphatic heterocycles. The molecule has 24 heavy (non-hydrogen) atoms. The molecule has 0 atom stereocenters. The average molecular weight is 363 g/mol. The number of H-pyrrole nitrogens is 1. The molecule has 0 fully saturated rings. The fourth-order valence-electron chi connectivity index (χ4n) is 2.32. The maximum Gasteiger partial charge on any atom is 0.269 e. The van der Waals surface area contributed by atoms with E-state index in [9.17, 15) is 9.90 Å². The SMILES string of the molecule is Nc1cccc(CC(=O)N=Nc2c(O)[nH]c3c(Cl)ccc(Cl)c23)c1. The number of aromatic nitrogens is 1. The number of benzene rings is 2. The van der Waals surface area contributed by atoms with Crippen LogP contribution in [-0.2, 0) is 11.2 Å². The highest BCUT2D eigenvalue weighted by molar-refractivity contribution is 6.41. The van der Waals surface area contributed by atoms with Gasteiger partial charge >= 0.3 is 0 Å². The van der Waals surface area contributed by atoms with Gasteiger partial charge in [0.2, 0.25) is 5.88 Å². The van der Waals surface area contributed by atoms with Crippen molar-refractivity contribution >= 4 is 51.4 Å². The van der Waals surface area contributed by atoms with Gasteiger partial charge in [-0.25, -0.2) is 0 Å². The predicted molar refractivity (Wildman–Crippen MR) is 94.1 cm³/mol. The van der Waals surface area contributed by atoms with Crippen LogP contribution in [0, 0.1) is 0 Å². The van der Waals surface area contributed by atoms with Crippen molar-refractivity contribution in [1.29, 1.82) is 0 Å². The predicted octanol–water partition coefficient (Wildman–Crippen LogP) is 4.62. The minimum Gasteiger partial charge on any atom is -0.493 e. The molecule has 4 N–H and O–H groups in total. The summed E-state index contributed by atoms with van der Waals surface area (Å²) < 4.78 is 0. The summed E-state index contributed by atoms with van der Waals surface area (Å²) in [7, 11) is 0. The van der Waals surface area contributed by atoms with Crippen molar-refractivity contribution in [2.75, 3.05) is 5.73 Å². The molecule has 3 aromatic rings. The number of fused-ring (bicyclic) bond motifs is 1. The van der Waals surface area contributed by atoms with E-state index in [2.05, 4.69) is 15.2 Å². The van der Waals surface area contributed by atoms with Crippen molar-refractivity contribution in [2.24, 2.45) is 10.2 Å². The molecule has 0 aliphatic rings. The second-order valence-electron chi connectivity index (χ2n) is 5.12. The van der Waals surface area contributed by atoms with E-state index in [0.717, 1.165) is 5.56 Å². The third kappa shape index (κ3) is 3.20. The number of azo groups is 1.